The highest BCUT2D eigenvalue weighted by atomic mass is 16.6. The molecule has 0 aromatic carbocycles. The van der Waals surface area contributed by atoms with Gasteiger partial charge in [-0.1, -0.05) is 13.3 Å². The highest BCUT2D eigenvalue weighted by molar-refractivity contribution is 5.67. The molecular formula is C10H19NO3. The average Bonchev–Trinajstić information content (AvgIpc) is 2.18. The molecular weight excluding hydrogens is 182 g/mol. The van der Waals surface area contributed by atoms with Crippen molar-refractivity contribution in [3.63, 3.8) is 0 Å². The Kier molecular flexibility index (Phi) is 4.73. The van der Waals surface area contributed by atoms with Crippen LogP contribution in [0, 0.1) is 0 Å². The second-order valence-electron chi connectivity index (χ2n) is 3.71. The van der Waals surface area contributed by atoms with Gasteiger partial charge in [-0.3, -0.25) is 0 Å². The van der Waals surface area contributed by atoms with Crippen LogP contribution in [0.1, 0.15) is 32.6 Å². The lowest BCUT2D eigenvalue weighted by molar-refractivity contribution is 0.0486. The molecule has 1 atom stereocenters. The molecule has 14 heavy (non-hydrogen) atoms. The van der Waals surface area contributed by atoms with Gasteiger partial charge in [0.25, 0.3) is 0 Å². The first-order valence-electron chi connectivity index (χ1n) is 5.33. The lowest BCUT2D eigenvalue weighted by atomic mass is 10.1. The Morgan fingerprint density at radius 3 is 3.07 bits per heavy atom. The summed E-state index contributed by atoms with van der Waals surface area (Å²) in [4.78, 5) is 13.0. The minimum Gasteiger partial charge on any atom is -0.449 e. The van der Waals surface area contributed by atoms with Gasteiger partial charge in [0.2, 0.25) is 0 Å². The first kappa shape index (κ1) is 11.3. The molecule has 0 aliphatic carbocycles. The molecule has 1 fully saturated rings. The Labute approximate surface area is 84.8 Å². The number of hydrogen-bond donors (Lipinski definition) is 1. The van der Waals surface area contributed by atoms with E-state index in [9.17, 15) is 9.90 Å². The van der Waals surface area contributed by atoms with Gasteiger partial charge >= 0.3 is 6.09 Å². The lowest BCUT2D eigenvalue weighted by Gasteiger charge is -2.29. The first-order valence-corrected chi connectivity index (χ1v) is 5.33. The van der Waals surface area contributed by atoms with E-state index in [1.807, 2.05) is 0 Å². The number of ether oxygens (including phenoxy) is 1. The summed E-state index contributed by atoms with van der Waals surface area (Å²) in [6.45, 7) is 3.67. The summed E-state index contributed by atoms with van der Waals surface area (Å²) in [5.41, 5.74) is 0. The van der Waals surface area contributed by atoms with Gasteiger partial charge in [0.15, 0.2) is 0 Å². The van der Waals surface area contributed by atoms with Crippen molar-refractivity contribution in [1.82, 2.24) is 4.90 Å². The molecule has 0 radical (unpaired) electrons. The third-order valence-corrected chi connectivity index (χ3v) is 2.38. The molecule has 1 unspecified atom stereocenters. The van der Waals surface area contributed by atoms with Crippen LogP contribution < -0.4 is 0 Å². The molecule has 0 saturated carbocycles. The third-order valence-electron chi connectivity index (χ3n) is 2.38. The summed E-state index contributed by atoms with van der Waals surface area (Å²) < 4.78 is 5.05. The van der Waals surface area contributed by atoms with Gasteiger partial charge in [-0.15, -0.1) is 0 Å². The van der Waals surface area contributed by atoms with Crippen LogP contribution in [0.25, 0.3) is 0 Å². The summed E-state index contributed by atoms with van der Waals surface area (Å²) in [7, 11) is 0. The van der Waals surface area contributed by atoms with Crippen molar-refractivity contribution in [1.29, 1.82) is 0 Å². The first-order chi connectivity index (χ1) is 6.74. The number of aliphatic hydroxyl groups is 1. The molecule has 1 heterocycles. The van der Waals surface area contributed by atoms with Gasteiger partial charge in [0, 0.05) is 13.1 Å². The van der Waals surface area contributed by atoms with E-state index >= 15 is 0 Å². The van der Waals surface area contributed by atoms with Crippen LogP contribution in [0.15, 0.2) is 0 Å². The van der Waals surface area contributed by atoms with Gasteiger partial charge in [-0.2, -0.15) is 0 Å². The zero-order valence-corrected chi connectivity index (χ0v) is 8.74. The molecule has 1 N–H and O–H groups in total. The van der Waals surface area contributed by atoms with E-state index < -0.39 is 0 Å². The van der Waals surface area contributed by atoms with Crippen LogP contribution in [0.4, 0.5) is 4.79 Å². The van der Waals surface area contributed by atoms with E-state index in [2.05, 4.69) is 6.92 Å². The third kappa shape index (κ3) is 3.54. The fraction of sp³-hybridized carbons (Fsp3) is 0.900. The van der Waals surface area contributed by atoms with Crippen molar-refractivity contribution >= 4 is 6.09 Å². The number of carbonyl (C=O) groups is 1. The molecule has 1 saturated heterocycles. The maximum atomic E-state index is 11.4. The van der Waals surface area contributed by atoms with Crippen LogP contribution in [0.5, 0.6) is 0 Å². The molecule has 4 heteroatoms. The zero-order chi connectivity index (χ0) is 10.4. The van der Waals surface area contributed by atoms with Crippen LogP contribution in [-0.4, -0.2) is 41.9 Å². The van der Waals surface area contributed by atoms with Gasteiger partial charge in [0.1, 0.15) is 0 Å². The highest BCUT2D eigenvalue weighted by Crippen LogP contribution is 2.10. The molecule has 1 amide bonds. The van der Waals surface area contributed by atoms with E-state index in [4.69, 9.17) is 4.74 Å². The summed E-state index contributed by atoms with van der Waals surface area (Å²) in [6.07, 6.45) is 2.93. The topological polar surface area (TPSA) is 49.8 Å². The van der Waals surface area contributed by atoms with Crippen molar-refractivity contribution in [3.05, 3.63) is 0 Å². The normalized spacial score (nSPS) is 22.1. The Morgan fingerprint density at radius 2 is 2.43 bits per heavy atom. The maximum absolute atomic E-state index is 11.4. The predicted octanol–water partition coefficient (Wildman–Crippen LogP) is 1.38. The molecule has 0 bridgehead atoms. The molecule has 82 valence electrons. The number of carbonyl (C=O) groups excluding carboxylic acids is 1. The van der Waals surface area contributed by atoms with Crippen LogP contribution in [0.3, 0.4) is 0 Å². The lowest BCUT2D eigenvalue weighted by Crippen LogP contribution is -2.42. The maximum Gasteiger partial charge on any atom is 0.409 e. The van der Waals surface area contributed by atoms with Gasteiger partial charge in [0.05, 0.1) is 12.7 Å². The molecule has 1 aliphatic rings. The number of hydrogen-bond acceptors (Lipinski definition) is 3. The van der Waals surface area contributed by atoms with E-state index in [0.29, 0.717) is 19.7 Å². The van der Waals surface area contributed by atoms with Crippen LogP contribution in [0.2, 0.25) is 0 Å². The SMILES string of the molecule is CCCCOC(=O)N1CCCC(O)C1. The number of aliphatic hydroxyl groups excluding tert-OH is 1. The second kappa shape index (κ2) is 5.86. The minimum absolute atomic E-state index is 0.280. The smallest absolute Gasteiger partial charge is 0.409 e. The van der Waals surface area contributed by atoms with Crippen LogP contribution >= 0.6 is 0 Å². The predicted molar refractivity (Wildman–Crippen MR) is 53.1 cm³/mol. The number of likely N-dealkylation sites (tertiary alicyclic amines) is 1. The monoisotopic (exact) mass is 201 g/mol. The number of β-amino-alcohol motifs (C(OH)–C–C–N with tert-alkyl or cyclic N) is 1. The van der Waals surface area contributed by atoms with Gasteiger partial charge in [-0.05, 0) is 19.3 Å². The minimum atomic E-state index is -0.373. The van der Waals surface area contributed by atoms with Crippen molar-refractivity contribution in [3.8, 4) is 0 Å². The number of piperidine rings is 1. The molecule has 1 rings (SSSR count). The van der Waals surface area contributed by atoms with E-state index in [1.165, 1.54) is 0 Å². The van der Waals surface area contributed by atoms with Gasteiger partial charge < -0.3 is 14.7 Å². The fourth-order valence-corrected chi connectivity index (χ4v) is 1.52. The van der Waals surface area contributed by atoms with E-state index in [1.54, 1.807) is 4.90 Å². The fourth-order valence-electron chi connectivity index (χ4n) is 1.52. The van der Waals surface area contributed by atoms with Crippen LogP contribution in [-0.2, 0) is 4.74 Å². The van der Waals surface area contributed by atoms with E-state index in [-0.39, 0.29) is 12.2 Å². The average molecular weight is 201 g/mol. The largest absolute Gasteiger partial charge is 0.449 e. The summed E-state index contributed by atoms with van der Waals surface area (Å²) >= 11 is 0. The Hall–Kier alpha value is -0.770. The molecule has 0 aromatic heterocycles. The second-order valence-corrected chi connectivity index (χ2v) is 3.71. The number of rotatable bonds is 3. The number of unbranched alkanes of at least 4 members (excludes halogenated alkanes) is 1. The highest BCUT2D eigenvalue weighted by Gasteiger charge is 2.22. The Bertz CT molecular complexity index is 184. The summed E-state index contributed by atoms with van der Waals surface area (Å²) in [5, 5.41) is 9.35. The Morgan fingerprint density at radius 1 is 1.64 bits per heavy atom. The zero-order valence-electron chi connectivity index (χ0n) is 8.74. The van der Waals surface area contributed by atoms with Crippen molar-refractivity contribution in [2.75, 3.05) is 19.7 Å². The standard InChI is InChI=1S/C10H19NO3/c1-2-3-7-14-10(13)11-6-4-5-9(12)8-11/h9,12H,2-8H2,1H3. The van der Waals surface area contributed by atoms with Crippen molar-refractivity contribution < 1.29 is 14.6 Å². The van der Waals surface area contributed by atoms with Crippen molar-refractivity contribution in [2.24, 2.45) is 0 Å². The Balaban J connectivity index is 2.22. The molecule has 4 nitrogen and oxygen atoms in total. The summed E-state index contributed by atoms with van der Waals surface area (Å²) in [5.74, 6) is 0. The molecule has 0 aromatic rings. The number of amides is 1. The molecule has 0 spiro atoms. The summed E-state index contributed by atoms with van der Waals surface area (Å²) in [6, 6.07) is 0. The van der Waals surface area contributed by atoms with E-state index in [0.717, 1.165) is 25.7 Å². The van der Waals surface area contributed by atoms with Gasteiger partial charge in [-0.25, -0.2) is 4.79 Å². The number of nitrogens with zero attached hydrogens (tertiary/aromatic N) is 1. The van der Waals surface area contributed by atoms with Crippen molar-refractivity contribution in [2.45, 2.75) is 38.7 Å². The quantitative estimate of drug-likeness (QED) is 0.702. The molecule has 1 aliphatic heterocycles.